The van der Waals surface area contributed by atoms with Gasteiger partial charge in [-0.1, -0.05) is 0 Å². The molecule has 0 aromatic carbocycles. The van der Waals surface area contributed by atoms with Gasteiger partial charge >= 0.3 is 5.97 Å². The number of hydrogen-bond acceptors (Lipinski definition) is 3. The Labute approximate surface area is 83.5 Å². The highest BCUT2D eigenvalue weighted by Crippen LogP contribution is 2.38. The minimum absolute atomic E-state index is 0.0842. The van der Waals surface area contributed by atoms with E-state index in [0.717, 1.165) is 25.9 Å². The number of hydrogen-bond donors (Lipinski definition) is 2. The first-order valence-corrected chi connectivity index (χ1v) is 5.27. The number of nitrogens with zero attached hydrogens (tertiary/aromatic N) is 1. The topological polar surface area (TPSA) is 60.8 Å². The number of piperidine rings is 3. The largest absolute Gasteiger partial charge is 0.481 e. The minimum atomic E-state index is -0.810. The van der Waals surface area contributed by atoms with Crippen LogP contribution < -0.4 is 0 Å². The van der Waals surface area contributed by atoms with Gasteiger partial charge < -0.3 is 15.1 Å². The third-order valence-corrected chi connectivity index (χ3v) is 3.62. The molecule has 3 aliphatic rings. The molecule has 80 valence electrons. The summed E-state index contributed by atoms with van der Waals surface area (Å²) in [6.07, 6.45) is 2.54. The Kier molecular flexibility index (Phi) is 2.49. The average molecular weight is 199 g/mol. The smallest absolute Gasteiger partial charge is 0.303 e. The van der Waals surface area contributed by atoms with Gasteiger partial charge in [-0.05, 0) is 38.3 Å². The van der Waals surface area contributed by atoms with Crippen LogP contribution in [0.4, 0.5) is 0 Å². The second-order valence-corrected chi connectivity index (χ2v) is 4.55. The molecule has 4 nitrogen and oxygen atoms in total. The summed E-state index contributed by atoms with van der Waals surface area (Å²) in [7, 11) is 0. The van der Waals surface area contributed by atoms with Gasteiger partial charge in [0.1, 0.15) is 0 Å². The molecule has 0 aromatic heterocycles. The Morgan fingerprint density at radius 2 is 2.07 bits per heavy atom. The SMILES string of the molecule is O=C(O)CCC1(O)CN2CCC1CC2. The lowest BCUT2D eigenvalue weighted by atomic mass is 9.73. The highest BCUT2D eigenvalue weighted by atomic mass is 16.4. The molecule has 0 radical (unpaired) electrons. The van der Waals surface area contributed by atoms with Gasteiger partial charge in [0.2, 0.25) is 0 Å². The van der Waals surface area contributed by atoms with Crippen LogP contribution in [0, 0.1) is 5.92 Å². The van der Waals surface area contributed by atoms with Crippen molar-refractivity contribution in [1.29, 1.82) is 0 Å². The number of carboxylic acid groups (broad SMARTS) is 1. The van der Waals surface area contributed by atoms with E-state index in [4.69, 9.17) is 5.11 Å². The fourth-order valence-corrected chi connectivity index (χ4v) is 2.75. The second-order valence-electron chi connectivity index (χ2n) is 4.55. The molecule has 14 heavy (non-hydrogen) atoms. The Hall–Kier alpha value is -0.610. The number of rotatable bonds is 3. The van der Waals surface area contributed by atoms with E-state index in [9.17, 15) is 9.90 Å². The van der Waals surface area contributed by atoms with Crippen LogP contribution >= 0.6 is 0 Å². The zero-order valence-corrected chi connectivity index (χ0v) is 8.28. The summed E-state index contributed by atoms with van der Waals surface area (Å²) in [5, 5.41) is 18.9. The molecule has 4 heteroatoms. The Bertz CT molecular complexity index is 236. The van der Waals surface area contributed by atoms with Crippen molar-refractivity contribution in [1.82, 2.24) is 4.90 Å². The molecule has 0 saturated carbocycles. The average Bonchev–Trinajstić information content (AvgIpc) is 2.16. The molecule has 3 saturated heterocycles. The predicted octanol–water partition coefficient (Wildman–Crippen LogP) is 0.308. The summed E-state index contributed by atoms with van der Waals surface area (Å²) < 4.78 is 0. The van der Waals surface area contributed by atoms with Crippen molar-refractivity contribution < 1.29 is 15.0 Å². The van der Waals surface area contributed by atoms with Crippen molar-refractivity contribution >= 4 is 5.97 Å². The van der Waals surface area contributed by atoms with Crippen LogP contribution in [-0.2, 0) is 4.79 Å². The molecule has 3 rings (SSSR count). The number of aliphatic carboxylic acids is 1. The molecule has 0 aromatic rings. The van der Waals surface area contributed by atoms with Gasteiger partial charge in [-0.3, -0.25) is 4.79 Å². The monoisotopic (exact) mass is 199 g/mol. The normalized spacial score (nSPS) is 41.2. The first-order chi connectivity index (χ1) is 6.60. The van der Waals surface area contributed by atoms with E-state index < -0.39 is 11.6 Å². The van der Waals surface area contributed by atoms with Crippen molar-refractivity contribution in [2.45, 2.75) is 31.3 Å². The number of fused-ring (bicyclic) bond motifs is 3. The first kappa shape index (κ1) is 9.93. The molecule has 0 aliphatic carbocycles. The maximum atomic E-state index is 10.5. The Morgan fingerprint density at radius 1 is 1.43 bits per heavy atom. The quantitative estimate of drug-likeness (QED) is 0.686. The lowest BCUT2D eigenvalue weighted by Gasteiger charge is -2.50. The molecular formula is C10H17NO3. The number of aliphatic hydroxyl groups is 1. The lowest BCUT2D eigenvalue weighted by molar-refractivity contribution is -0.144. The van der Waals surface area contributed by atoms with Crippen molar-refractivity contribution in [3.05, 3.63) is 0 Å². The summed E-state index contributed by atoms with van der Waals surface area (Å²) in [6, 6.07) is 0. The van der Waals surface area contributed by atoms with E-state index in [1.165, 1.54) is 0 Å². The van der Waals surface area contributed by atoms with E-state index in [0.29, 0.717) is 18.9 Å². The van der Waals surface area contributed by atoms with Crippen molar-refractivity contribution in [3.63, 3.8) is 0 Å². The zero-order valence-electron chi connectivity index (χ0n) is 8.28. The van der Waals surface area contributed by atoms with Crippen LogP contribution in [0.25, 0.3) is 0 Å². The summed E-state index contributed by atoms with van der Waals surface area (Å²) >= 11 is 0. The van der Waals surface area contributed by atoms with Gasteiger partial charge in [0, 0.05) is 13.0 Å². The van der Waals surface area contributed by atoms with Crippen LogP contribution in [0.5, 0.6) is 0 Å². The van der Waals surface area contributed by atoms with E-state index in [1.807, 2.05) is 0 Å². The Morgan fingerprint density at radius 3 is 2.50 bits per heavy atom. The van der Waals surface area contributed by atoms with Gasteiger partial charge in [-0.2, -0.15) is 0 Å². The summed E-state index contributed by atoms with van der Waals surface area (Å²) in [4.78, 5) is 12.7. The highest BCUT2D eigenvalue weighted by molar-refractivity contribution is 5.66. The third-order valence-electron chi connectivity index (χ3n) is 3.62. The van der Waals surface area contributed by atoms with Gasteiger partial charge in [0.15, 0.2) is 0 Å². The Balaban J connectivity index is 1.97. The lowest BCUT2D eigenvalue weighted by Crippen LogP contribution is -2.59. The molecule has 2 bridgehead atoms. The maximum absolute atomic E-state index is 10.5. The van der Waals surface area contributed by atoms with E-state index in [1.54, 1.807) is 0 Å². The summed E-state index contributed by atoms with van der Waals surface area (Å²) in [5.74, 6) is -0.485. The molecule has 0 amide bonds. The first-order valence-electron chi connectivity index (χ1n) is 5.27. The van der Waals surface area contributed by atoms with E-state index in [2.05, 4.69) is 4.90 Å². The summed E-state index contributed by atoms with van der Waals surface area (Å²) in [6.45, 7) is 2.81. The fourth-order valence-electron chi connectivity index (χ4n) is 2.75. The summed E-state index contributed by atoms with van der Waals surface area (Å²) in [5.41, 5.74) is -0.727. The third kappa shape index (κ3) is 1.77. The maximum Gasteiger partial charge on any atom is 0.303 e. The molecule has 1 unspecified atom stereocenters. The van der Waals surface area contributed by atoms with E-state index in [-0.39, 0.29) is 6.42 Å². The van der Waals surface area contributed by atoms with E-state index >= 15 is 0 Å². The van der Waals surface area contributed by atoms with Crippen molar-refractivity contribution in [2.75, 3.05) is 19.6 Å². The molecule has 3 heterocycles. The van der Waals surface area contributed by atoms with Crippen LogP contribution in [0.2, 0.25) is 0 Å². The number of carbonyl (C=O) groups is 1. The predicted molar refractivity (Wildman–Crippen MR) is 51.0 cm³/mol. The van der Waals surface area contributed by atoms with Crippen LogP contribution in [0.1, 0.15) is 25.7 Å². The van der Waals surface area contributed by atoms with Crippen LogP contribution in [0.15, 0.2) is 0 Å². The molecule has 0 spiro atoms. The zero-order chi connectivity index (χ0) is 10.2. The molecule has 1 atom stereocenters. The van der Waals surface area contributed by atoms with Gasteiger partial charge in [-0.25, -0.2) is 0 Å². The fraction of sp³-hybridized carbons (Fsp3) is 0.900. The standard InChI is InChI=1S/C10H17NO3/c12-9(13)1-4-10(14)7-11-5-2-8(10)3-6-11/h8,14H,1-7H2,(H,12,13). The van der Waals surface area contributed by atoms with Gasteiger partial charge in [0.05, 0.1) is 5.60 Å². The van der Waals surface area contributed by atoms with Crippen LogP contribution in [-0.4, -0.2) is 46.3 Å². The number of carboxylic acids is 1. The van der Waals surface area contributed by atoms with Gasteiger partial charge in [0.25, 0.3) is 0 Å². The van der Waals surface area contributed by atoms with Crippen molar-refractivity contribution in [2.24, 2.45) is 5.92 Å². The van der Waals surface area contributed by atoms with Crippen molar-refractivity contribution in [3.8, 4) is 0 Å². The van der Waals surface area contributed by atoms with Gasteiger partial charge in [-0.15, -0.1) is 0 Å². The minimum Gasteiger partial charge on any atom is -0.481 e. The molecular weight excluding hydrogens is 182 g/mol. The second kappa shape index (κ2) is 3.51. The molecule has 2 N–H and O–H groups in total. The van der Waals surface area contributed by atoms with Crippen LogP contribution in [0.3, 0.4) is 0 Å². The highest BCUT2D eigenvalue weighted by Gasteiger charge is 2.44. The molecule has 3 fully saturated rings. The molecule has 3 aliphatic heterocycles.